The Hall–Kier alpha value is -2.08. The van der Waals surface area contributed by atoms with E-state index in [0.29, 0.717) is 6.54 Å². The second-order valence-electron chi connectivity index (χ2n) is 5.77. The first-order valence-electron chi connectivity index (χ1n) is 8.14. The van der Waals surface area contributed by atoms with Crippen molar-refractivity contribution in [2.75, 3.05) is 0 Å². The molecule has 0 bridgehead atoms. The summed E-state index contributed by atoms with van der Waals surface area (Å²) in [6.45, 7) is 4.56. The fourth-order valence-electron chi connectivity index (χ4n) is 2.81. The minimum Gasteiger partial charge on any atom is -0.298 e. The first-order chi connectivity index (χ1) is 12.8. The number of fused-ring (bicyclic) bond motifs is 1. The van der Waals surface area contributed by atoms with Crippen molar-refractivity contribution in [2.45, 2.75) is 17.5 Å². The van der Waals surface area contributed by atoms with E-state index in [2.05, 4.69) is 57.1 Å². The van der Waals surface area contributed by atoms with Gasteiger partial charge in [0, 0.05) is 38.3 Å². The lowest BCUT2D eigenvalue weighted by Crippen LogP contribution is -2.00. The molecule has 0 N–H and O–H groups in total. The summed E-state index contributed by atoms with van der Waals surface area (Å²) in [5.74, 6) is 1.68. The number of allylic oxidation sites excluding steroid dienone is 1. The maximum Gasteiger partial charge on any atom is 0.192 e. The smallest absolute Gasteiger partial charge is 0.192 e. The number of halogens is 1. The van der Waals surface area contributed by atoms with Crippen molar-refractivity contribution in [3.05, 3.63) is 77.2 Å². The minimum atomic E-state index is 0.671. The normalized spacial score (nSPS) is 11.1. The van der Waals surface area contributed by atoms with Gasteiger partial charge in [-0.2, -0.15) is 0 Å². The van der Waals surface area contributed by atoms with Crippen molar-refractivity contribution in [3.63, 3.8) is 0 Å². The Kier molecular flexibility index (Phi) is 5.11. The first-order valence-corrected chi connectivity index (χ1v) is 10.4. The number of hydrogen-bond donors (Lipinski definition) is 0. The van der Waals surface area contributed by atoms with E-state index in [1.54, 1.807) is 23.1 Å². The van der Waals surface area contributed by atoms with E-state index in [9.17, 15) is 0 Å². The summed E-state index contributed by atoms with van der Waals surface area (Å²) >= 11 is 9.47. The van der Waals surface area contributed by atoms with Crippen LogP contribution in [0.4, 0.5) is 0 Å². The number of benzene rings is 2. The molecule has 2 aromatic carbocycles. The van der Waals surface area contributed by atoms with E-state index in [-0.39, 0.29) is 0 Å². The molecule has 0 spiro atoms. The van der Waals surface area contributed by atoms with Crippen LogP contribution < -0.4 is 0 Å². The second-order valence-corrected chi connectivity index (χ2v) is 8.06. The topological polar surface area (TPSA) is 30.7 Å². The number of thiophene rings is 1. The van der Waals surface area contributed by atoms with Crippen LogP contribution in [0.15, 0.2) is 71.7 Å². The molecular formula is C20H16ClN3S2. The first kappa shape index (κ1) is 17.3. The van der Waals surface area contributed by atoms with Gasteiger partial charge in [0.2, 0.25) is 0 Å². The Morgan fingerprint density at radius 1 is 1.15 bits per heavy atom. The van der Waals surface area contributed by atoms with Crippen LogP contribution in [0, 0.1) is 0 Å². The zero-order valence-corrected chi connectivity index (χ0v) is 16.3. The SMILES string of the molecule is C=CCn1c(SCc2cccc(Cl)c2)nnc1-c1csc2ccccc12. The van der Waals surface area contributed by atoms with Gasteiger partial charge in [0.25, 0.3) is 0 Å². The van der Waals surface area contributed by atoms with Crippen molar-refractivity contribution in [1.82, 2.24) is 14.8 Å². The van der Waals surface area contributed by atoms with Crippen LogP contribution in [-0.4, -0.2) is 14.8 Å². The number of thioether (sulfide) groups is 1. The maximum atomic E-state index is 6.08. The highest BCUT2D eigenvalue weighted by Gasteiger charge is 2.16. The molecule has 4 aromatic rings. The maximum absolute atomic E-state index is 6.08. The molecule has 0 aliphatic heterocycles. The fraction of sp³-hybridized carbons (Fsp3) is 0.100. The van der Waals surface area contributed by atoms with E-state index in [4.69, 9.17) is 11.6 Å². The van der Waals surface area contributed by atoms with Gasteiger partial charge in [-0.15, -0.1) is 28.1 Å². The largest absolute Gasteiger partial charge is 0.298 e. The quantitative estimate of drug-likeness (QED) is 0.283. The van der Waals surface area contributed by atoms with E-state index < -0.39 is 0 Å². The molecule has 0 radical (unpaired) electrons. The van der Waals surface area contributed by atoms with Crippen LogP contribution in [0.3, 0.4) is 0 Å². The molecule has 0 saturated heterocycles. The Balaban J connectivity index is 1.68. The van der Waals surface area contributed by atoms with Crippen molar-refractivity contribution >= 4 is 44.8 Å². The number of aromatic nitrogens is 3. The van der Waals surface area contributed by atoms with Gasteiger partial charge in [-0.25, -0.2) is 0 Å². The Morgan fingerprint density at radius 2 is 2.04 bits per heavy atom. The summed E-state index contributed by atoms with van der Waals surface area (Å²) in [5, 5.41) is 13.9. The van der Waals surface area contributed by atoms with Crippen molar-refractivity contribution in [1.29, 1.82) is 0 Å². The van der Waals surface area contributed by atoms with Crippen LogP contribution >= 0.6 is 34.7 Å². The molecule has 0 unspecified atom stereocenters. The average molecular weight is 398 g/mol. The molecule has 0 fully saturated rings. The average Bonchev–Trinajstić information content (AvgIpc) is 3.24. The van der Waals surface area contributed by atoms with Crippen LogP contribution in [0.25, 0.3) is 21.5 Å². The summed E-state index contributed by atoms with van der Waals surface area (Å²) in [6, 6.07) is 16.3. The minimum absolute atomic E-state index is 0.671. The molecule has 130 valence electrons. The van der Waals surface area contributed by atoms with Crippen LogP contribution in [0.5, 0.6) is 0 Å². The number of rotatable bonds is 6. The van der Waals surface area contributed by atoms with Gasteiger partial charge in [0.05, 0.1) is 0 Å². The van der Waals surface area contributed by atoms with Crippen molar-refractivity contribution in [3.8, 4) is 11.4 Å². The van der Waals surface area contributed by atoms with Crippen molar-refractivity contribution < 1.29 is 0 Å². The number of hydrogen-bond acceptors (Lipinski definition) is 4. The lowest BCUT2D eigenvalue weighted by Gasteiger charge is -2.07. The van der Waals surface area contributed by atoms with Gasteiger partial charge in [-0.05, 0) is 23.8 Å². The van der Waals surface area contributed by atoms with Gasteiger partial charge >= 0.3 is 0 Å². The lowest BCUT2D eigenvalue weighted by molar-refractivity contribution is 0.731. The van der Waals surface area contributed by atoms with Crippen LogP contribution in [-0.2, 0) is 12.3 Å². The van der Waals surface area contributed by atoms with Crippen LogP contribution in [0.1, 0.15) is 5.56 Å². The molecule has 2 heterocycles. The molecule has 0 aliphatic carbocycles. The molecule has 0 saturated carbocycles. The highest BCUT2D eigenvalue weighted by Crippen LogP contribution is 2.35. The van der Waals surface area contributed by atoms with Gasteiger partial charge in [0.15, 0.2) is 11.0 Å². The zero-order valence-electron chi connectivity index (χ0n) is 13.9. The van der Waals surface area contributed by atoms with Gasteiger partial charge < -0.3 is 0 Å². The molecule has 0 aliphatic rings. The van der Waals surface area contributed by atoms with Crippen LogP contribution in [0.2, 0.25) is 5.02 Å². The molecule has 6 heteroatoms. The van der Waals surface area contributed by atoms with E-state index in [0.717, 1.165) is 32.9 Å². The van der Waals surface area contributed by atoms with Gasteiger partial charge in [-0.3, -0.25) is 4.57 Å². The molecular weight excluding hydrogens is 382 g/mol. The summed E-state index contributed by atoms with van der Waals surface area (Å²) in [4.78, 5) is 0. The Morgan fingerprint density at radius 3 is 2.88 bits per heavy atom. The molecule has 2 aromatic heterocycles. The highest BCUT2D eigenvalue weighted by molar-refractivity contribution is 7.98. The monoisotopic (exact) mass is 397 g/mol. The van der Waals surface area contributed by atoms with Gasteiger partial charge in [0.1, 0.15) is 0 Å². The molecule has 0 amide bonds. The predicted molar refractivity (Wildman–Crippen MR) is 112 cm³/mol. The van der Waals surface area contributed by atoms with E-state index in [1.807, 2.05) is 24.3 Å². The third-order valence-electron chi connectivity index (χ3n) is 4.01. The van der Waals surface area contributed by atoms with Crippen molar-refractivity contribution in [2.24, 2.45) is 0 Å². The van der Waals surface area contributed by atoms with E-state index in [1.165, 1.54) is 10.1 Å². The predicted octanol–water partition coefficient (Wildman–Crippen LogP) is 6.29. The zero-order chi connectivity index (χ0) is 17.9. The third-order valence-corrected chi connectivity index (χ3v) is 6.24. The fourth-order valence-corrected chi connectivity index (χ4v) is 4.86. The third kappa shape index (κ3) is 3.43. The summed E-state index contributed by atoms with van der Waals surface area (Å²) in [7, 11) is 0. The molecule has 26 heavy (non-hydrogen) atoms. The Bertz CT molecular complexity index is 1070. The standard InChI is InChI=1S/C20H16ClN3S2/c1-2-10-24-19(17-13-25-18-9-4-3-8-16(17)18)22-23-20(24)26-12-14-6-5-7-15(21)11-14/h2-9,11,13H,1,10,12H2. The molecule has 0 atom stereocenters. The second kappa shape index (κ2) is 7.66. The molecule has 4 rings (SSSR count). The Labute approximate surface area is 165 Å². The number of nitrogens with zero attached hydrogens (tertiary/aromatic N) is 3. The highest BCUT2D eigenvalue weighted by atomic mass is 35.5. The summed E-state index contributed by atoms with van der Waals surface area (Å²) < 4.78 is 3.38. The molecule has 3 nitrogen and oxygen atoms in total. The van der Waals surface area contributed by atoms with Gasteiger partial charge in [-0.1, -0.05) is 59.8 Å². The van der Waals surface area contributed by atoms with E-state index >= 15 is 0 Å². The lowest BCUT2D eigenvalue weighted by atomic mass is 10.1. The summed E-state index contributed by atoms with van der Waals surface area (Å²) in [5.41, 5.74) is 2.28. The summed E-state index contributed by atoms with van der Waals surface area (Å²) in [6.07, 6.45) is 1.88.